The van der Waals surface area contributed by atoms with Gasteiger partial charge in [-0.25, -0.2) is 9.67 Å². The predicted octanol–water partition coefficient (Wildman–Crippen LogP) is 2.15. The van der Waals surface area contributed by atoms with Crippen molar-refractivity contribution in [3.8, 4) is 5.69 Å². The molecule has 0 saturated carbocycles. The summed E-state index contributed by atoms with van der Waals surface area (Å²) in [7, 11) is 0. The largest absolute Gasteiger partial charge is 0.305 e. The SMILES string of the molecule is Cc1ccc(-n2ncc3c(=O)n4c(nc32)SCC4CC(=O)NC2=NCCS2)cc1. The molecule has 1 N–H and O–H groups in total. The van der Waals surface area contributed by atoms with Gasteiger partial charge >= 0.3 is 0 Å². The normalized spacial score (nSPS) is 18.1. The molecule has 29 heavy (non-hydrogen) atoms. The molecular weight excluding hydrogens is 408 g/mol. The van der Waals surface area contributed by atoms with Crippen LogP contribution in [0.25, 0.3) is 16.7 Å². The van der Waals surface area contributed by atoms with Crippen molar-refractivity contribution in [1.29, 1.82) is 0 Å². The lowest BCUT2D eigenvalue weighted by atomic mass is 10.2. The minimum absolute atomic E-state index is 0.126. The van der Waals surface area contributed by atoms with Crippen LogP contribution < -0.4 is 10.9 Å². The van der Waals surface area contributed by atoms with Crippen molar-refractivity contribution in [1.82, 2.24) is 24.6 Å². The minimum atomic E-state index is -0.228. The summed E-state index contributed by atoms with van der Waals surface area (Å²) in [4.78, 5) is 34.5. The molecule has 10 heteroatoms. The second kappa shape index (κ2) is 7.34. The van der Waals surface area contributed by atoms with Gasteiger partial charge in [0.25, 0.3) is 5.56 Å². The number of aryl methyl sites for hydroxylation is 1. The number of carbonyl (C=O) groups is 1. The van der Waals surface area contributed by atoms with E-state index in [1.165, 1.54) is 11.8 Å². The number of amidine groups is 1. The second-order valence-corrected chi connectivity index (χ2v) is 9.02. The molecule has 1 aromatic carbocycles. The quantitative estimate of drug-likeness (QED) is 0.645. The van der Waals surface area contributed by atoms with Crippen LogP contribution in [0.4, 0.5) is 0 Å². The molecule has 2 aliphatic heterocycles. The third-order valence-corrected chi connectivity index (χ3v) is 6.89. The van der Waals surface area contributed by atoms with Gasteiger partial charge in [0.05, 0.1) is 24.5 Å². The topological polar surface area (TPSA) is 94.2 Å². The van der Waals surface area contributed by atoms with Gasteiger partial charge in [-0.1, -0.05) is 41.2 Å². The third-order valence-electron chi connectivity index (χ3n) is 4.90. The molecule has 0 fully saturated rings. The number of hydrogen-bond acceptors (Lipinski definition) is 7. The number of nitrogens with one attached hydrogen (secondary N) is 1. The van der Waals surface area contributed by atoms with E-state index in [0.717, 1.165) is 23.5 Å². The maximum Gasteiger partial charge on any atom is 0.265 e. The number of thioether (sulfide) groups is 2. The summed E-state index contributed by atoms with van der Waals surface area (Å²) >= 11 is 3.04. The molecule has 2 aliphatic rings. The Morgan fingerprint density at radius 1 is 1.28 bits per heavy atom. The van der Waals surface area contributed by atoms with E-state index in [9.17, 15) is 9.59 Å². The van der Waals surface area contributed by atoms with E-state index in [1.54, 1.807) is 27.2 Å². The average Bonchev–Trinajstić information content (AvgIpc) is 3.43. The Morgan fingerprint density at radius 2 is 2.10 bits per heavy atom. The standard InChI is InChI=1S/C19H18N6O2S2/c1-11-2-4-12(5-3-11)25-16-14(9-21-25)17(27)24-13(10-29-19(24)23-16)8-15(26)22-18-20-6-7-28-18/h2-5,9,13H,6-8,10H2,1H3,(H,20,22,26). The first kappa shape index (κ1) is 18.4. The zero-order chi connectivity index (χ0) is 20.0. The Bertz CT molecular complexity index is 1200. The van der Waals surface area contributed by atoms with E-state index in [1.807, 2.05) is 31.2 Å². The first-order chi connectivity index (χ1) is 14.1. The predicted molar refractivity (Wildman–Crippen MR) is 115 cm³/mol. The van der Waals surface area contributed by atoms with Gasteiger partial charge in [0.1, 0.15) is 5.39 Å². The highest BCUT2D eigenvalue weighted by atomic mass is 32.2. The zero-order valence-electron chi connectivity index (χ0n) is 15.7. The summed E-state index contributed by atoms with van der Waals surface area (Å²) in [6.07, 6.45) is 1.78. The number of aliphatic imine (C=N–C) groups is 1. The third kappa shape index (κ3) is 3.36. The van der Waals surface area contributed by atoms with Gasteiger partial charge in [0.15, 0.2) is 16.0 Å². The van der Waals surface area contributed by atoms with Crippen LogP contribution in [0.1, 0.15) is 18.0 Å². The van der Waals surface area contributed by atoms with E-state index < -0.39 is 0 Å². The number of fused-ring (bicyclic) bond motifs is 2. The van der Waals surface area contributed by atoms with Gasteiger partial charge in [0, 0.05) is 17.9 Å². The Hall–Kier alpha value is -2.59. The van der Waals surface area contributed by atoms with Crippen LogP contribution in [0, 0.1) is 6.92 Å². The van der Waals surface area contributed by atoms with Gasteiger partial charge in [-0.2, -0.15) is 5.10 Å². The lowest BCUT2D eigenvalue weighted by molar-refractivity contribution is -0.120. The van der Waals surface area contributed by atoms with Crippen molar-refractivity contribution < 1.29 is 4.79 Å². The molecule has 0 spiro atoms. The van der Waals surface area contributed by atoms with Crippen LogP contribution in [0.2, 0.25) is 0 Å². The van der Waals surface area contributed by atoms with Crippen LogP contribution in [0.3, 0.4) is 0 Å². The number of hydrogen-bond donors (Lipinski definition) is 1. The molecule has 0 saturated heterocycles. The first-order valence-corrected chi connectivity index (χ1v) is 11.2. The van der Waals surface area contributed by atoms with Gasteiger partial charge in [0.2, 0.25) is 5.91 Å². The molecule has 4 heterocycles. The molecule has 2 aromatic heterocycles. The highest BCUT2D eigenvalue weighted by Gasteiger charge is 2.30. The Balaban J connectivity index is 1.47. The van der Waals surface area contributed by atoms with E-state index in [0.29, 0.717) is 27.1 Å². The number of carbonyl (C=O) groups excluding carboxylic acids is 1. The summed E-state index contributed by atoms with van der Waals surface area (Å²) in [5.41, 5.74) is 2.40. The molecule has 1 atom stereocenters. The molecule has 8 nitrogen and oxygen atoms in total. The molecular formula is C19H18N6O2S2. The monoisotopic (exact) mass is 426 g/mol. The summed E-state index contributed by atoms with van der Waals surface area (Å²) in [6.45, 7) is 2.75. The van der Waals surface area contributed by atoms with E-state index in [4.69, 9.17) is 4.98 Å². The molecule has 0 bridgehead atoms. The minimum Gasteiger partial charge on any atom is -0.305 e. The number of nitrogens with zero attached hydrogens (tertiary/aromatic N) is 5. The van der Waals surface area contributed by atoms with Crippen molar-refractivity contribution in [2.24, 2.45) is 4.99 Å². The van der Waals surface area contributed by atoms with E-state index in [-0.39, 0.29) is 23.9 Å². The summed E-state index contributed by atoms with van der Waals surface area (Å²) in [6, 6.07) is 7.68. The number of aromatic nitrogens is 4. The van der Waals surface area contributed by atoms with Gasteiger partial charge in [-0.05, 0) is 19.1 Å². The van der Waals surface area contributed by atoms with Gasteiger partial charge < -0.3 is 5.32 Å². The van der Waals surface area contributed by atoms with E-state index in [2.05, 4.69) is 15.4 Å². The van der Waals surface area contributed by atoms with Crippen molar-refractivity contribution in [2.75, 3.05) is 18.1 Å². The van der Waals surface area contributed by atoms with Crippen LogP contribution in [-0.4, -0.2) is 48.5 Å². The molecule has 0 aliphatic carbocycles. The highest BCUT2D eigenvalue weighted by molar-refractivity contribution is 8.14. The van der Waals surface area contributed by atoms with Crippen LogP contribution in [0.15, 0.2) is 45.4 Å². The van der Waals surface area contributed by atoms with Crippen molar-refractivity contribution in [3.05, 3.63) is 46.4 Å². The van der Waals surface area contributed by atoms with Crippen molar-refractivity contribution in [3.63, 3.8) is 0 Å². The number of amides is 1. The molecule has 148 valence electrons. The molecule has 0 radical (unpaired) electrons. The van der Waals surface area contributed by atoms with Crippen LogP contribution >= 0.6 is 23.5 Å². The molecule has 5 rings (SSSR count). The highest BCUT2D eigenvalue weighted by Crippen LogP contribution is 2.33. The lowest BCUT2D eigenvalue weighted by Gasteiger charge is -2.13. The summed E-state index contributed by atoms with van der Waals surface area (Å²) in [5.74, 6) is 1.41. The van der Waals surface area contributed by atoms with Crippen molar-refractivity contribution in [2.45, 2.75) is 24.5 Å². The molecule has 1 unspecified atom stereocenters. The maximum absolute atomic E-state index is 13.2. The average molecular weight is 427 g/mol. The fourth-order valence-corrected chi connectivity index (χ4v) is 5.33. The Labute approximate surface area is 174 Å². The summed E-state index contributed by atoms with van der Waals surface area (Å²) < 4.78 is 3.32. The van der Waals surface area contributed by atoms with Crippen molar-refractivity contribution >= 4 is 45.6 Å². The molecule has 1 amide bonds. The first-order valence-electron chi connectivity index (χ1n) is 9.27. The van der Waals surface area contributed by atoms with Gasteiger partial charge in [-0.3, -0.25) is 19.1 Å². The van der Waals surface area contributed by atoms with Gasteiger partial charge in [-0.15, -0.1) is 0 Å². The fraction of sp³-hybridized carbons (Fsp3) is 0.316. The maximum atomic E-state index is 13.2. The number of rotatable bonds is 3. The number of benzene rings is 1. The zero-order valence-corrected chi connectivity index (χ0v) is 17.3. The molecule has 3 aromatic rings. The Kier molecular flexibility index (Phi) is 4.67. The van der Waals surface area contributed by atoms with Crippen LogP contribution in [-0.2, 0) is 4.79 Å². The smallest absolute Gasteiger partial charge is 0.265 e. The lowest BCUT2D eigenvalue weighted by Crippen LogP contribution is -2.32. The fourth-order valence-electron chi connectivity index (χ4n) is 3.45. The van der Waals surface area contributed by atoms with E-state index >= 15 is 0 Å². The Morgan fingerprint density at radius 3 is 2.86 bits per heavy atom. The van der Waals surface area contributed by atoms with Crippen LogP contribution in [0.5, 0.6) is 0 Å². The summed E-state index contributed by atoms with van der Waals surface area (Å²) in [5, 5.41) is 8.97. The second-order valence-electron chi connectivity index (χ2n) is 6.95.